The van der Waals surface area contributed by atoms with Gasteiger partial charge in [0.25, 0.3) is 5.56 Å². The quantitative estimate of drug-likeness (QED) is 0.790. The van der Waals surface area contributed by atoms with Crippen molar-refractivity contribution in [2.24, 2.45) is 0 Å². The Morgan fingerprint density at radius 1 is 1.44 bits per heavy atom. The highest BCUT2D eigenvalue weighted by molar-refractivity contribution is 5.30. The summed E-state index contributed by atoms with van der Waals surface area (Å²) in [7, 11) is 0. The van der Waals surface area contributed by atoms with E-state index >= 15 is 0 Å². The first-order valence-corrected chi connectivity index (χ1v) is 5.19. The molecule has 1 rings (SSSR count). The van der Waals surface area contributed by atoms with Crippen molar-refractivity contribution in [3.8, 4) is 11.6 Å². The third-order valence-corrected chi connectivity index (χ3v) is 2.04. The molecule has 0 saturated heterocycles. The van der Waals surface area contributed by atoms with Crippen LogP contribution in [0.2, 0.25) is 0 Å². The van der Waals surface area contributed by atoms with Gasteiger partial charge in [0.05, 0.1) is 6.61 Å². The number of aromatic hydroxyl groups is 1. The molecule has 0 amide bonds. The lowest BCUT2D eigenvalue weighted by Gasteiger charge is -2.14. The summed E-state index contributed by atoms with van der Waals surface area (Å²) in [6.45, 7) is 5.64. The van der Waals surface area contributed by atoms with Gasteiger partial charge in [0.1, 0.15) is 0 Å². The monoisotopic (exact) mass is 228 g/mol. The van der Waals surface area contributed by atoms with E-state index in [1.807, 2.05) is 6.92 Å². The van der Waals surface area contributed by atoms with Gasteiger partial charge in [-0.15, -0.1) is 0 Å². The molecule has 0 aromatic carbocycles. The zero-order chi connectivity index (χ0) is 12.3. The maximum Gasteiger partial charge on any atom is 0.331 e. The molecule has 1 heterocycles. The van der Waals surface area contributed by atoms with Crippen LogP contribution in [-0.4, -0.2) is 21.3 Å². The Morgan fingerprint density at radius 2 is 2.06 bits per heavy atom. The molecule has 0 atom stereocenters. The van der Waals surface area contributed by atoms with E-state index in [0.717, 1.165) is 4.57 Å². The Kier molecular flexibility index (Phi) is 3.76. The molecule has 0 aliphatic carbocycles. The van der Waals surface area contributed by atoms with E-state index in [4.69, 9.17) is 4.74 Å². The van der Waals surface area contributed by atoms with Gasteiger partial charge >= 0.3 is 5.69 Å². The SMILES string of the molecule is CCCOc1c(O)n(C(C)C)c(=O)[nH]c1=O. The second-order valence-electron chi connectivity index (χ2n) is 3.72. The van der Waals surface area contributed by atoms with Crippen LogP contribution in [0.3, 0.4) is 0 Å². The summed E-state index contributed by atoms with van der Waals surface area (Å²) in [5.74, 6) is -0.618. The molecule has 2 N–H and O–H groups in total. The van der Waals surface area contributed by atoms with Gasteiger partial charge < -0.3 is 9.84 Å². The molecular weight excluding hydrogens is 212 g/mol. The predicted molar refractivity (Wildman–Crippen MR) is 59.2 cm³/mol. The smallest absolute Gasteiger partial charge is 0.331 e. The van der Waals surface area contributed by atoms with E-state index < -0.39 is 17.1 Å². The molecule has 6 heteroatoms. The highest BCUT2D eigenvalue weighted by Gasteiger charge is 2.16. The van der Waals surface area contributed by atoms with Crippen molar-refractivity contribution in [1.82, 2.24) is 9.55 Å². The number of ether oxygens (including phenoxy) is 1. The van der Waals surface area contributed by atoms with Crippen LogP contribution >= 0.6 is 0 Å². The second-order valence-corrected chi connectivity index (χ2v) is 3.72. The minimum atomic E-state index is -0.701. The predicted octanol–water partition coefficient (Wildman–Crippen LogP) is 0.612. The van der Waals surface area contributed by atoms with Gasteiger partial charge in [-0.25, -0.2) is 4.79 Å². The van der Waals surface area contributed by atoms with E-state index in [0.29, 0.717) is 13.0 Å². The summed E-state index contributed by atoms with van der Waals surface area (Å²) in [5, 5.41) is 9.77. The maximum absolute atomic E-state index is 11.4. The van der Waals surface area contributed by atoms with Crippen LogP contribution in [0.25, 0.3) is 0 Å². The molecule has 1 aromatic heterocycles. The second kappa shape index (κ2) is 4.87. The summed E-state index contributed by atoms with van der Waals surface area (Å²) in [6.07, 6.45) is 0.708. The summed E-state index contributed by atoms with van der Waals surface area (Å²) >= 11 is 0. The van der Waals surface area contributed by atoms with Crippen molar-refractivity contribution < 1.29 is 9.84 Å². The lowest BCUT2D eigenvalue weighted by atomic mass is 10.4. The molecule has 0 spiro atoms. The Hall–Kier alpha value is -1.72. The molecule has 0 unspecified atom stereocenters. The highest BCUT2D eigenvalue weighted by atomic mass is 16.5. The fourth-order valence-electron chi connectivity index (χ4n) is 1.33. The van der Waals surface area contributed by atoms with E-state index in [1.165, 1.54) is 0 Å². The summed E-state index contributed by atoms with van der Waals surface area (Å²) in [6, 6.07) is -0.256. The summed E-state index contributed by atoms with van der Waals surface area (Å²) in [4.78, 5) is 24.9. The summed E-state index contributed by atoms with van der Waals surface area (Å²) < 4.78 is 6.18. The van der Waals surface area contributed by atoms with Gasteiger partial charge in [-0.2, -0.15) is 0 Å². The third-order valence-electron chi connectivity index (χ3n) is 2.04. The zero-order valence-corrected chi connectivity index (χ0v) is 9.61. The topological polar surface area (TPSA) is 84.3 Å². The van der Waals surface area contributed by atoms with Gasteiger partial charge in [0.15, 0.2) is 0 Å². The molecule has 6 nitrogen and oxygen atoms in total. The van der Waals surface area contributed by atoms with Gasteiger partial charge in [0.2, 0.25) is 11.6 Å². The molecule has 1 aromatic rings. The van der Waals surface area contributed by atoms with Crippen LogP contribution < -0.4 is 16.0 Å². The van der Waals surface area contributed by atoms with Crippen LogP contribution in [0.4, 0.5) is 0 Å². The van der Waals surface area contributed by atoms with E-state index in [1.54, 1.807) is 13.8 Å². The van der Waals surface area contributed by atoms with Crippen molar-refractivity contribution in [2.75, 3.05) is 6.61 Å². The average molecular weight is 228 g/mol. The standard InChI is InChI=1S/C10H16N2O4/c1-4-5-16-7-8(13)11-10(15)12(6(2)3)9(7)14/h6,14H,4-5H2,1-3H3,(H,11,13,15). The Labute approximate surface area is 92.5 Å². The molecule has 0 fully saturated rings. The third kappa shape index (κ3) is 2.26. The Morgan fingerprint density at radius 3 is 2.56 bits per heavy atom. The lowest BCUT2D eigenvalue weighted by Crippen LogP contribution is -2.31. The molecule has 0 radical (unpaired) electrons. The first-order valence-electron chi connectivity index (χ1n) is 5.19. The van der Waals surface area contributed by atoms with Crippen LogP contribution in [0, 0.1) is 0 Å². The number of rotatable bonds is 4. The minimum Gasteiger partial charge on any atom is -0.492 e. The Bertz CT molecular complexity index is 473. The minimum absolute atomic E-state index is 0.199. The van der Waals surface area contributed by atoms with Gasteiger partial charge in [0, 0.05) is 6.04 Å². The van der Waals surface area contributed by atoms with Gasteiger partial charge in [-0.3, -0.25) is 14.3 Å². The molecule has 0 aliphatic heterocycles. The van der Waals surface area contributed by atoms with Crippen molar-refractivity contribution in [3.05, 3.63) is 20.8 Å². The fourth-order valence-corrected chi connectivity index (χ4v) is 1.33. The van der Waals surface area contributed by atoms with Crippen molar-refractivity contribution in [2.45, 2.75) is 33.2 Å². The Balaban J connectivity index is 3.34. The van der Waals surface area contributed by atoms with Crippen molar-refractivity contribution >= 4 is 0 Å². The number of H-pyrrole nitrogens is 1. The number of hydrogen-bond donors (Lipinski definition) is 2. The number of aromatic nitrogens is 2. The van der Waals surface area contributed by atoms with Gasteiger partial charge in [-0.1, -0.05) is 6.92 Å². The first kappa shape index (κ1) is 12.4. The molecule has 0 bridgehead atoms. The van der Waals surface area contributed by atoms with Crippen LogP contribution in [0.5, 0.6) is 11.6 Å². The average Bonchev–Trinajstić information content (AvgIpc) is 2.16. The number of nitrogens with zero attached hydrogens (tertiary/aromatic N) is 1. The van der Waals surface area contributed by atoms with Gasteiger partial charge in [-0.05, 0) is 20.3 Å². The molecular formula is C10H16N2O4. The fraction of sp³-hybridized carbons (Fsp3) is 0.600. The van der Waals surface area contributed by atoms with E-state index in [9.17, 15) is 14.7 Å². The molecule has 16 heavy (non-hydrogen) atoms. The van der Waals surface area contributed by atoms with Crippen LogP contribution in [-0.2, 0) is 0 Å². The number of hydrogen-bond acceptors (Lipinski definition) is 4. The maximum atomic E-state index is 11.4. The highest BCUT2D eigenvalue weighted by Crippen LogP contribution is 2.21. The van der Waals surface area contributed by atoms with Crippen molar-refractivity contribution in [1.29, 1.82) is 0 Å². The normalized spacial score (nSPS) is 10.8. The summed E-state index contributed by atoms with van der Waals surface area (Å²) in [5.41, 5.74) is -1.34. The first-order chi connectivity index (χ1) is 7.49. The molecule has 0 aliphatic rings. The van der Waals surface area contributed by atoms with E-state index in [-0.39, 0.29) is 11.8 Å². The lowest BCUT2D eigenvalue weighted by molar-refractivity contribution is 0.274. The largest absolute Gasteiger partial charge is 0.492 e. The van der Waals surface area contributed by atoms with Crippen LogP contribution in [0.1, 0.15) is 33.2 Å². The van der Waals surface area contributed by atoms with Crippen LogP contribution in [0.15, 0.2) is 9.59 Å². The van der Waals surface area contributed by atoms with E-state index in [2.05, 4.69) is 4.98 Å². The molecule has 0 saturated carbocycles. The molecule has 90 valence electrons. The number of aromatic amines is 1. The zero-order valence-electron chi connectivity index (χ0n) is 9.61. The van der Waals surface area contributed by atoms with Crippen molar-refractivity contribution in [3.63, 3.8) is 0 Å². The number of nitrogens with one attached hydrogen (secondary N) is 1.